The smallest absolute Gasteiger partial charge is 0.462 e. The normalized spacial score (nSPS) is 13.3. The first-order chi connectivity index (χ1) is 43.8. The first kappa shape index (κ1) is 86.2. The number of rotatable bonds is 72. The van der Waals surface area contributed by atoms with E-state index in [0.717, 1.165) is 77.0 Å². The molecule has 0 spiro atoms. The van der Waals surface area contributed by atoms with Crippen molar-refractivity contribution < 1.29 is 37.6 Å². The molecule has 0 aliphatic heterocycles. The van der Waals surface area contributed by atoms with Crippen LogP contribution in [0.25, 0.3) is 0 Å². The molecule has 0 aliphatic carbocycles. The lowest BCUT2D eigenvalue weighted by atomic mass is 10.0. The summed E-state index contributed by atoms with van der Waals surface area (Å²) in [5.41, 5.74) is 5.41. The molecule has 0 saturated carbocycles. The number of unbranched alkanes of at least 4 members (excludes halogenated alkanes) is 45. The third-order valence-corrected chi connectivity index (χ3v) is 17.7. The number of esters is 2. The fraction of sp³-hybridized carbons (Fsp3) is 0.797. The van der Waals surface area contributed by atoms with Crippen molar-refractivity contribution in [3.63, 3.8) is 0 Å². The van der Waals surface area contributed by atoms with Gasteiger partial charge in [-0.1, -0.05) is 356 Å². The predicted molar refractivity (Wildman–Crippen MR) is 386 cm³/mol. The van der Waals surface area contributed by atoms with Crippen LogP contribution in [0, 0.1) is 0 Å². The van der Waals surface area contributed by atoms with E-state index >= 15 is 0 Å². The van der Waals surface area contributed by atoms with Gasteiger partial charge in [0, 0.05) is 19.4 Å². The van der Waals surface area contributed by atoms with Gasteiger partial charge in [-0.05, 0) is 89.9 Å². The molecule has 0 aromatic rings. The number of carbonyl (C=O) groups excluding carboxylic acids is 2. The Labute approximate surface area is 551 Å². The molecule has 0 bridgehead atoms. The van der Waals surface area contributed by atoms with Gasteiger partial charge in [-0.15, -0.1) is 0 Å². The SMILES string of the molecule is CC/C=C\C/C=C\C/C=C\C/C=C\CCCCCCCCCCCCCCCCCCC(=O)OC(COC(=O)CCCCCCCCCCCCCCCCCCCCCCCCCC/C=C\C/C=C\C/C=C\CCCCCCC)COP(=O)(O)OCCN. The van der Waals surface area contributed by atoms with Gasteiger partial charge in [0.2, 0.25) is 0 Å². The number of nitrogens with two attached hydrogens (primary N) is 1. The molecule has 0 fully saturated rings. The average Bonchev–Trinajstić information content (AvgIpc) is 3.68. The summed E-state index contributed by atoms with van der Waals surface area (Å²) in [7, 11) is -4.40. The minimum Gasteiger partial charge on any atom is -0.462 e. The summed E-state index contributed by atoms with van der Waals surface area (Å²) in [4.78, 5) is 35.4. The summed E-state index contributed by atoms with van der Waals surface area (Å²) in [5.74, 6) is -0.811. The molecule has 0 rings (SSSR count). The number of carbonyl (C=O) groups is 2. The van der Waals surface area contributed by atoms with Gasteiger partial charge in [-0.3, -0.25) is 18.6 Å². The van der Waals surface area contributed by atoms with Gasteiger partial charge >= 0.3 is 19.8 Å². The second kappa shape index (κ2) is 74.2. The fourth-order valence-electron chi connectivity index (χ4n) is 11.2. The maximum absolute atomic E-state index is 12.8. The molecule has 0 amide bonds. The molecule has 0 aliphatic rings. The molecule has 0 saturated heterocycles. The van der Waals surface area contributed by atoms with Gasteiger partial charge in [0.05, 0.1) is 13.2 Å². The summed E-state index contributed by atoms with van der Waals surface area (Å²) in [6.07, 6.45) is 99.9. The number of ether oxygens (including phenoxy) is 2. The van der Waals surface area contributed by atoms with Crippen molar-refractivity contribution in [3.05, 3.63) is 85.1 Å². The maximum Gasteiger partial charge on any atom is 0.472 e. The molecule has 2 unspecified atom stereocenters. The van der Waals surface area contributed by atoms with E-state index in [2.05, 4.69) is 98.9 Å². The summed E-state index contributed by atoms with van der Waals surface area (Å²) >= 11 is 0. The maximum atomic E-state index is 12.8. The monoisotopic (exact) mass is 1270 g/mol. The lowest BCUT2D eigenvalue weighted by Crippen LogP contribution is -2.29. The number of hydrogen-bond acceptors (Lipinski definition) is 8. The quantitative estimate of drug-likeness (QED) is 0.0264. The molecule has 9 nitrogen and oxygen atoms in total. The molecule has 3 N–H and O–H groups in total. The largest absolute Gasteiger partial charge is 0.472 e. The molecule has 89 heavy (non-hydrogen) atoms. The Bertz CT molecular complexity index is 1740. The summed E-state index contributed by atoms with van der Waals surface area (Å²) < 4.78 is 33.2. The van der Waals surface area contributed by atoms with Gasteiger partial charge in [0.15, 0.2) is 6.10 Å². The van der Waals surface area contributed by atoms with Crippen LogP contribution in [0.2, 0.25) is 0 Å². The highest BCUT2D eigenvalue weighted by atomic mass is 31.2. The lowest BCUT2D eigenvalue weighted by molar-refractivity contribution is -0.161. The molecular formula is C79H144NO8P. The van der Waals surface area contributed by atoms with Crippen molar-refractivity contribution in [1.82, 2.24) is 0 Å². The minimum absolute atomic E-state index is 0.0533. The van der Waals surface area contributed by atoms with Crippen LogP contribution in [-0.2, 0) is 32.7 Å². The topological polar surface area (TPSA) is 134 Å². The van der Waals surface area contributed by atoms with Gasteiger partial charge in [-0.2, -0.15) is 0 Å². The zero-order valence-electron chi connectivity index (χ0n) is 58.4. The third-order valence-electron chi connectivity index (χ3n) is 16.8. The zero-order valence-corrected chi connectivity index (χ0v) is 59.3. The van der Waals surface area contributed by atoms with E-state index in [1.165, 1.54) is 263 Å². The number of phosphoric acid groups is 1. The molecule has 2 atom stereocenters. The highest BCUT2D eigenvalue weighted by Crippen LogP contribution is 2.43. The first-order valence-electron chi connectivity index (χ1n) is 38.1. The van der Waals surface area contributed by atoms with Crippen LogP contribution in [0.3, 0.4) is 0 Å². The predicted octanol–water partition coefficient (Wildman–Crippen LogP) is 25.3. The van der Waals surface area contributed by atoms with Crippen LogP contribution in [0.1, 0.15) is 373 Å². The van der Waals surface area contributed by atoms with E-state index in [0.29, 0.717) is 6.42 Å². The van der Waals surface area contributed by atoms with Crippen LogP contribution in [0.5, 0.6) is 0 Å². The molecule has 0 aromatic heterocycles. The standard InChI is InChI=1S/C79H144NO8P/c1-3-5-7-9-11-13-15-17-19-21-23-25-27-29-31-33-34-35-36-37-38-39-40-41-42-44-45-47-49-51-53-55-57-59-61-63-65-67-69-71-78(81)85-75-77(76-87-89(83,84)86-74-73-80)88-79(82)72-70-68-66-64-62-60-58-56-54-52-50-48-46-43-32-30-28-26-24-22-20-18-16-14-12-10-8-6-4-2/h6,8,12,14-15,17-18,20-21,23-24,26-27,29,77H,3-5,7,9-11,13,16,19,22,25,28,30-76,80H2,1-2H3,(H,83,84)/b8-6-,14-12-,17-15-,20-18-,23-21-,26-24-,29-27-. The Hall–Kier alpha value is -2.81. The van der Waals surface area contributed by atoms with Crippen LogP contribution in [0.15, 0.2) is 85.1 Å². The van der Waals surface area contributed by atoms with Crippen molar-refractivity contribution in [3.8, 4) is 0 Å². The average molecular weight is 1270 g/mol. The Morgan fingerprint density at radius 3 is 0.921 bits per heavy atom. The van der Waals surface area contributed by atoms with Crippen molar-refractivity contribution in [2.75, 3.05) is 26.4 Å². The number of hydrogen-bond donors (Lipinski definition) is 2. The number of allylic oxidation sites excluding steroid dienone is 14. The Balaban J connectivity index is 3.78. The Morgan fingerprint density at radius 1 is 0.348 bits per heavy atom. The zero-order chi connectivity index (χ0) is 64.4. The molecule has 0 heterocycles. The van der Waals surface area contributed by atoms with Crippen molar-refractivity contribution in [2.24, 2.45) is 5.73 Å². The lowest BCUT2D eigenvalue weighted by Gasteiger charge is -2.19. The van der Waals surface area contributed by atoms with Crippen LogP contribution in [0.4, 0.5) is 0 Å². The van der Waals surface area contributed by atoms with E-state index in [-0.39, 0.29) is 38.6 Å². The molecule has 0 aromatic carbocycles. The van der Waals surface area contributed by atoms with Crippen molar-refractivity contribution in [1.29, 1.82) is 0 Å². The molecular weight excluding hydrogens is 1120 g/mol. The van der Waals surface area contributed by atoms with E-state index in [4.69, 9.17) is 24.3 Å². The van der Waals surface area contributed by atoms with Gasteiger partial charge in [0.25, 0.3) is 0 Å². The summed E-state index contributed by atoms with van der Waals surface area (Å²) in [6, 6.07) is 0. The second-order valence-electron chi connectivity index (χ2n) is 25.5. The van der Waals surface area contributed by atoms with Gasteiger partial charge in [0.1, 0.15) is 6.61 Å². The van der Waals surface area contributed by atoms with Gasteiger partial charge < -0.3 is 20.1 Å². The van der Waals surface area contributed by atoms with Gasteiger partial charge in [-0.25, -0.2) is 4.57 Å². The summed E-state index contributed by atoms with van der Waals surface area (Å²) in [5, 5.41) is 0. The molecule has 518 valence electrons. The van der Waals surface area contributed by atoms with Crippen molar-refractivity contribution >= 4 is 19.8 Å². The second-order valence-corrected chi connectivity index (χ2v) is 26.9. The highest BCUT2D eigenvalue weighted by molar-refractivity contribution is 7.47. The van der Waals surface area contributed by atoms with E-state index in [1.54, 1.807) is 0 Å². The van der Waals surface area contributed by atoms with Crippen LogP contribution >= 0.6 is 7.82 Å². The highest BCUT2D eigenvalue weighted by Gasteiger charge is 2.26. The Morgan fingerprint density at radius 2 is 0.618 bits per heavy atom. The van der Waals surface area contributed by atoms with Crippen LogP contribution < -0.4 is 5.73 Å². The number of phosphoric ester groups is 1. The van der Waals surface area contributed by atoms with Crippen LogP contribution in [-0.4, -0.2) is 49.3 Å². The first-order valence-corrected chi connectivity index (χ1v) is 39.6. The molecule has 10 heteroatoms. The molecule has 0 radical (unpaired) electrons. The minimum atomic E-state index is -4.40. The van der Waals surface area contributed by atoms with E-state index in [1.807, 2.05) is 0 Å². The third kappa shape index (κ3) is 74.1. The fourth-order valence-corrected chi connectivity index (χ4v) is 11.9. The Kier molecular flexibility index (Phi) is 71.9. The van der Waals surface area contributed by atoms with E-state index < -0.39 is 26.5 Å². The van der Waals surface area contributed by atoms with Crippen molar-refractivity contribution in [2.45, 2.75) is 380 Å². The van der Waals surface area contributed by atoms with E-state index in [9.17, 15) is 19.0 Å². The summed E-state index contributed by atoms with van der Waals surface area (Å²) in [6.45, 7) is 3.67.